The molecule has 1 unspecified atom stereocenters. The van der Waals surface area contributed by atoms with Crippen LogP contribution in [0.5, 0.6) is 0 Å². The van der Waals surface area contributed by atoms with Gasteiger partial charge in [-0.1, -0.05) is 129 Å². The summed E-state index contributed by atoms with van der Waals surface area (Å²) in [6, 6.07) is 0. The SMILES string of the molecule is CCCCCCCC/C=C\CCCCCCCCP(=O)(O)OCCCCCCCCCC. The van der Waals surface area contributed by atoms with Gasteiger partial charge in [-0.15, -0.1) is 0 Å². The normalized spacial score (nSPS) is 13.7. The van der Waals surface area contributed by atoms with Crippen LogP contribution in [0.2, 0.25) is 0 Å². The highest BCUT2D eigenvalue weighted by atomic mass is 31.2. The van der Waals surface area contributed by atoms with Gasteiger partial charge in [0.05, 0.1) is 6.61 Å². The molecule has 0 aromatic carbocycles. The van der Waals surface area contributed by atoms with Gasteiger partial charge in [-0.3, -0.25) is 4.57 Å². The Balaban J connectivity index is 3.34. The molecule has 0 heterocycles. The van der Waals surface area contributed by atoms with Gasteiger partial charge in [0.15, 0.2) is 0 Å². The van der Waals surface area contributed by atoms with E-state index in [1.54, 1.807) is 0 Å². The third-order valence-electron chi connectivity index (χ3n) is 6.24. The van der Waals surface area contributed by atoms with Gasteiger partial charge in [-0.05, 0) is 38.5 Å². The molecule has 0 fully saturated rings. The van der Waals surface area contributed by atoms with Crippen molar-refractivity contribution in [1.82, 2.24) is 0 Å². The number of rotatable bonds is 26. The quantitative estimate of drug-likeness (QED) is 0.0773. The van der Waals surface area contributed by atoms with Crippen molar-refractivity contribution >= 4 is 7.60 Å². The highest BCUT2D eigenvalue weighted by Crippen LogP contribution is 2.43. The molecular formula is C28H57O3P. The molecule has 0 radical (unpaired) electrons. The molecule has 0 aliphatic heterocycles. The van der Waals surface area contributed by atoms with E-state index in [4.69, 9.17) is 4.52 Å². The van der Waals surface area contributed by atoms with E-state index in [9.17, 15) is 9.46 Å². The van der Waals surface area contributed by atoms with Crippen molar-refractivity contribution in [3.63, 3.8) is 0 Å². The number of hydrogen-bond acceptors (Lipinski definition) is 2. The Morgan fingerprint density at radius 2 is 0.938 bits per heavy atom. The summed E-state index contributed by atoms with van der Waals surface area (Å²) in [7, 11) is -3.36. The summed E-state index contributed by atoms with van der Waals surface area (Å²) in [5, 5.41) is 0. The minimum absolute atomic E-state index is 0.325. The number of hydrogen-bond donors (Lipinski definition) is 1. The molecular weight excluding hydrogens is 415 g/mol. The van der Waals surface area contributed by atoms with Crippen molar-refractivity contribution < 1.29 is 14.0 Å². The molecule has 32 heavy (non-hydrogen) atoms. The van der Waals surface area contributed by atoms with Gasteiger partial charge >= 0.3 is 7.60 Å². The fourth-order valence-electron chi connectivity index (χ4n) is 4.07. The molecule has 1 N–H and O–H groups in total. The first-order valence-electron chi connectivity index (χ1n) is 14.2. The van der Waals surface area contributed by atoms with E-state index >= 15 is 0 Å². The number of allylic oxidation sites excluding steroid dienone is 2. The maximum absolute atomic E-state index is 12.1. The van der Waals surface area contributed by atoms with Gasteiger partial charge in [0.2, 0.25) is 0 Å². The summed E-state index contributed by atoms with van der Waals surface area (Å²) in [4.78, 5) is 9.96. The lowest BCUT2D eigenvalue weighted by atomic mass is 10.1. The van der Waals surface area contributed by atoms with Crippen LogP contribution in [0.1, 0.15) is 155 Å². The molecule has 0 aromatic rings. The van der Waals surface area contributed by atoms with E-state index in [1.807, 2.05) is 0 Å². The molecule has 0 saturated carbocycles. The van der Waals surface area contributed by atoms with Crippen LogP contribution in [-0.4, -0.2) is 17.7 Å². The summed E-state index contributed by atoms with van der Waals surface area (Å²) in [6.07, 6.45) is 32.4. The Hall–Kier alpha value is -0.110. The molecule has 0 saturated heterocycles. The van der Waals surface area contributed by atoms with Crippen molar-refractivity contribution in [2.75, 3.05) is 12.8 Å². The predicted molar refractivity (Wildman–Crippen MR) is 143 cm³/mol. The van der Waals surface area contributed by atoms with E-state index in [-0.39, 0.29) is 0 Å². The summed E-state index contributed by atoms with van der Waals surface area (Å²) in [6.45, 7) is 4.95. The Morgan fingerprint density at radius 1 is 0.562 bits per heavy atom. The molecule has 3 nitrogen and oxygen atoms in total. The summed E-state index contributed by atoms with van der Waals surface area (Å²) >= 11 is 0. The monoisotopic (exact) mass is 472 g/mol. The average molecular weight is 473 g/mol. The zero-order valence-electron chi connectivity index (χ0n) is 21.8. The maximum atomic E-state index is 12.1. The van der Waals surface area contributed by atoms with E-state index in [0.29, 0.717) is 12.8 Å². The Labute approximate surface area is 201 Å². The Morgan fingerprint density at radius 3 is 1.41 bits per heavy atom. The zero-order valence-corrected chi connectivity index (χ0v) is 22.7. The molecule has 0 aliphatic rings. The molecule has 0 aromatic heterocycles. The predicted octanol–water partition coefficient (Wildman–Crippen LogP) is 10.4. The minimum atomic E-state index is -3.36. The smallest absolute Gasteiger partial charge is 0.324 e. The average Bonchev–Trinajstić information content (AvgIpc) is 2.77. The standard InChI is InChI=1S/C28H57O3P/c1-3-5-7-9-11-13-14-15-16-17-18-19-20-22-24-26-28-32(29,30)31-27-25-23-21-12-10-8-6-4-2/h15-16H,3-14,17-28H2,1-2H3,(H,29,30)/b16-15-. The first-order valence-corrected chi connectivity index (χ1v) is 16.0. The third-order valence-corrected chi connectivity index (χ3v) is 7.71. The van der Waals surface area contributed by atoms with Gasteiger partial charge in [-0.2, -0.15) is 0 Å². The van der Waals surface area contributed by atoms with Crippen LogP contribution in [0.25, 0.3) is 0 Å². The largest absolute Gasteiger partial charge is 0.328 e. The second kappa shape index (κ2) is 25.5. The van der Waals surface area contributed by atoms with E-state index in [2.05, 4.69) is 26.0 Å². The number of unbranched alkanes of at least 4 members (excludes halogenated alkanes) is 19. The van der Waals surface area contributed by atoms with Crippen LogP contribution < -0.4 is 0 Å². The van der Waals surface area contributed by atoms with Gasteiger partial charge < -0.3 is 9.42 Å². The molecule has 4 heteroatoms. The van der Waals surface area contributed by atoms with Crippen LogP contribution in [0.3, 0.4) is 0 Å². The van der Waals surface area contributed by atoms with Crippen LogP contribution in [0.4, 0.5) is 0 Å². The molecule has 0 bridgehead atoms. The van der Waals surface area contributed by atoms with Gasteiger partial charge in [0.25, 0.3) is 0 Å². The molecule has 1 atom stereocenters. The second-order valence-corrected chi connectivity index (χ2v) is 11.6. The minimum Gasteiger partial charge on any atom is -0.324 e. The van der Waals surface area contributed by atoms with Crippen molar-refractivity contribution in [3.8, 4) is 0 Å². The van der Waals surface area contributed by atoms with E-state index in [1.165, 1.54) is 116 Å². The van der Waals surface area contributed by atoms with Crippen molar-refractivity contribution in [3.05, 3.63) is 12.2 Å². The van der Waals surface area contributed by atoms with Crippen molar-refractivity contribution in [2.45, 2.75) is 155 Å². The topological polar surface area (TPSA) is 46.5 Å². The van der Waals surface area contributed by atoms with E-state index < -0.39 is 7.60 Å². The fraction of sp³-hybridized carbons (Fsp3) is 0.929. The first kappa shape index (κ1) is 31.9. The highest BCUT2D eigenvalue weighted by molar-refractivity contribution is 7.52. The lowest BCUT2D eigenvalue weighted by molar-refractivity contribution is 0.251. The van der Waals surface area contributed by atoms with Crippen LogP contribution in [0, 0.1) is 0 Å². The van der Waals surface area contributed by atoms with Crippen molar-refractivity contribution in [2.24, 2.45) is 0 Å². The summed E-state index contributed by atoms with van der Waals surface area (Å²) in [5.41, 5.74) is 0. The van der Waals surface area contributed by atoms with E-state index in [0.717, 1.165) is 25.7 Å². The molecule has 192 valence electrons. The fourth-order valence-corrected chi connectivity index (χ4v) is 5.23. The molecule has 0 amide bonds. The molecule has 0 rings (SSSR count). The molecule has 0 aliphatic carbocycles. The second-order valence-electron chi connectivity index (χ2n) is 9.61. The van der Waals surface area contributed by atoms with Crippen LogP contribution in [0.15, 0.2) is 12.2 Å². The maximum Gasteiger partial charge on any atom is 0.328 e. The summed E-state index contributed by atoms with van der Waals surface area (Å²) < 4.78 is 17.4. The zero-order chi connectivity index (χ0) is 23.6. The van der Waals surface area contributed by atoms with Crippen LogP contribution in [-0.2, 0) is 9.09 Å². The highest BCUT2D eigenvalue weighted by Gasteiger charge is 2.17. The van der Waals surface area contributed by atoms with Gasteiger partial charge in [0.1, 0.15) is 0 Å². The van der Waals surface area contributed by atoms with Gasteiger partial charge in [-0.25, -0.2) is 0 Å². The Bertz CT molecular complexity index is 436. The van der Waals surface area contributed by atoms with Crippen molar-refractivity contribution in [1.29, 1.82) is 0 Å². The molecule has 0 spiro atoms. The first-order chi connectivity index (χ1) is 15.6. The third kappa shape index (κ3) is 26.1. The summed E-state index contributed by atoms with van der Waals surface area (Å²) in [5.74, 6) is 0. The van der Waals surface area contributed by atoms with Gasteiger partial charge in [0, 0.05) is 6.16 Å². The lowest BCUT2D eigenvalue weighted by Crippen LogP contribution is -1.97. The lowest BCUT2D eigenvalue weighted by Gasteiger charge is -2.12. The van der Waals surface area contributed by atoms with Crippen LogP contribution >= 0.6 is 7.60 Å². The Kier molecular flexibility index (Phi) is 25.4.